The van der Waals surface area contributed by atoms with Gasteiger partial charge in [-0.15, -0.1) is 0 Å². The summed E-state index contributed by atoms with van der Waals surface area (Å²) in [6.07, 6.45) is 12.6. The molecule has 1 N–H and O–H groups in total. The van der Waals surface area contributed by atoms with Gasteiger partial charge in [-0.3, -0.25) is 4.99 Å². The van der Waals surface area contributed by atoms with Crippen molar-refractivity contribution in [2.75, 3.05) is 0 Å². The van der Waals surface area contributed by atoms with Crippen molar-refractivity contribution in [2.45, 2.75) is 62.8 Å². The van der Waals surface area contributed by atoms with E-state index >= 15 is 0 Å². The number of aromatic hydroxyl groups is 1. The van der Waals surface area contributed by atoms with E-state index in [2.05, 4.69) is 17.1 Å². The zero-order valence-corrected chi connectivity index (χ0v) is 18.4. The summed E-state index contributed by atoms with van der Waals surface area (Å²) in [7, 11) is 9.87. The molecule has 25 heavy (non-hydrogen) atoms. The van der Waals surface area contributed by atoms with Crippen LogP contribution in [0.4, 0.5) is 0 Å². The molecule has 6 rings (SSSR count). The Labute approximate surface area is 169 Å². The Hall–Kier alpha value is 0.153. The molecule has 5 saturated carbocycles. The van der Waals surface area contributed by atoms with Crippen molar-refractivity contribution in [3.8, 4) is 5.75 Å². The van der Waals surface area contributed by atoms with Gasteiger partial charge in [0, 0.05) is 17.3 Å². The van der Waals surface area contributed by atoms with Crippen molar-refractivity contribution in [3.05, 3.63) is 29.3 Å². The van der Waals surface area contributed by atoms with Crippen LogP contribution in [0.3, 0.4) is 0 Å². The monoisotopic (exact) mass is 455 g/mol. The first kappa shape index (κ1) is 18.5. The Morgan fingerprint density at radius 3 is 2.12 bits per heavy atom. The van der Waals surface area contributed by atoms with Gasteiger partial charge in [-0.2, -0.15) is 0 Å². The first-order valence-corrected chi connectivity index (χ1v) is 15.8. The SMILES string of the molecule is Oc1c(C=NC2CC2)cccc1C12CC3CC(CC(C3)C1)C2.[Cl][Zr][Cl]. The molecule has 1 aromatic carbocycles. The standard InChI is InChI=1S/C20H25NO.2ClH.Zr/c22-19-16(12-21-17-4-5-17)2-1-3-18(19)20-9-13-6-14(10-20)8-15(7-13)11-20;;;/h1-3,12-15,17,22H,4-11H2;2*1H;/q;;;+2/p-2. The fourth-order valence-corrected chi connectivity index (χ4v) is 5.94. The van der Waals surface area contributed by atoms with E-state index in [4.69, 9.17) is 17.0 Å². The number of para-hydroxylation sites is 1. The number of phenolic OH excluding ortho intramolecular Hbond substituents is 1. The molecular formula is C20H25Cl2NOZr. The number of benzene rings is 1. The quantitative estimate of drug-likeness (QED) is 0.570. The Morgan fingerprint density at radius 2 is 1.60 bits per heavy atom. The van der Waals surface area contributed by atoms with E-state index in [0.717, 1.165) is 23.3 Å². The number of nitrogens with zero attached hydrogens (tertiary/aromatic N) is 1. The van der Waals surface area contributed by atoms with E-state index in [1.165, 1.54) is 56.9 Å². The molecule has 0 atom stereocenters. The third-order valence-corrected chi connectivity index (χ3v) is 6.65. The third-order valence-electron chi connectivity index (χ3n) is 6.65. The number of aliphatic imine (C=N–C) groups is 1. The molecule has 1 aromatic rings. The first-order chi connectivity index (χ1) is 12.1. The third kappa shape index (κ3) is 3.90. The van der Waals surface area contributed by atoms with E-state index in [9.17, 15) is 5.11 Å². The van der Waals surface area contributed by atoms with E-state index in [0.29, 0.717) is 11.8 Å². The minimum absolute atomic E-state index is 0.266. The predicted octanol–water partition coefficient (Wildman–Crippen LogP) is 5.82. The van der Waals surface area contributed by atoms with Crippen LogP contribution in [0.15, 0.2) is 23.2 Å². The zero-order valence-electron chi connectivity index (χ0n) is 14.4. The molecule has 5 fully saturated rings. The molecule has 0 amide bonds. The number of hydrogen-bond acceptors (Lipinski definition) is 2. The molecule has 5 aliphatic carbocycles. The Bertz CT molecular complexity index is 624. The van der Waals surface area contributed by atoms with Crippen LogP contribution in [-0.2, 0) is 26.3 Å². The van der Waals surface area contributed by atoms with Crippen molar-refractivity contribution in [1.82, 2.24) is 0 Å². The molecule has 5 heteroatoms. The van der Waals surface area contributed by atoms with Crippen molar-refractivity contribution in [1.29, 1.82) is 0 Å². The van der Waals surface area contributed by atoms with Gasteiger partial charge in [0.15, 0.2) is 0 Å². The fourth-order valence-electron chi connectivity index (χ4n) is 5.94. The summed E-state index contributed by atoms with van der Waals surface area (Å²) in [5, 5.41) is 10.9. The molecule has 4 bridgehead atoms. The molecule has 0 saturated heterocycles. The molecule has 5 aliphatic rings. The van der Waals surface area contributed by atoms with Gasteiger partial charge in [0.2, 0.25) is 0 Å². The first-order valence-electron chi connectivity index (χ1n) is 9.45. The molecule has 0 heterocycles. The van der Waals surface area contributed by atoms with Crippen LogP contribution >= 0.6 is 17.0 Å². The summed E-state index contributed by atoms with van der Waals surface area (Å²) in [5.74, 6) is 3.26. The minimum atomic E-state index is -0.826. The van der Waals surface area contributed by atoms with Gasteiger partial charge in [0.05, 0.1) is 6.04 Å². The average Bonchev–Trinajstić information content (AvgIpc) is 3.37. The van der Waals surface area contributed by atoms with Gasteiger partial charge >= 0.3 is 37.9 Å². The molecule has 134 valence electrons. The summed E-state index contributed by atoms with van der Waals surface area (Å²) in [6.45, 7) is 0. The Morgan fingerprint density at radius 1 is 1.04 bits per heavy atom. The number of hydrogen-bond donors (Lipinski definition) is 1. The number of halogens is 2. The molecule has 0 unspecified atom stereocenters. The van der Waals surface area contributed by atoms with E-state index < -0.39 is 20.8 Å². The van der Waals surface area contributed by atoms with Crippen molar-refractivity contribution in [3.63, 3.8) is 0 Å². The van der Waals surface area contributed by atoms with Crippen LogP contribution in [0.2, 0.25) is 0 Å². The van der Waals surface area contributed by atoms with Gasteiger partial charge in [0.1, 0.15) is 5.75 Å². The van der Waals surface area contributed by atoms with Crippen LogP contribution in [-0.4, -0.2) is 17.4 Å². The summed E-state index contributed by atoms with van der Waals surface area (Å²) in [4.78, 5) is 4.57. The maximum absolute atomic E-state index is 10.9. The fraction of sp³-hybridized carbons (Fsp3) is 0.650. The topological polar surface area (TPSA) is 32.6 Å². The van der Waals surface area contributed by atoms with E-state index in [1.807, 2.05) is 12.3 Å². The number of rotatable bonds is 3. The second kappa shape index (κ2) is 7.65. The molecule has 0 radical (unpaired) electrons. The Balaban J connectivity index is 0.000000490. The summed E-state index contributed by atoms with van der Waals surface area (Å²) < 4.78 is 0. The summed E-state index contributed by atoms with van der Waals surface area (Å²) >= 11 is -0.826. The maximum atomic E-state index is 10.9. The normalized spacial score (nSPS) is 35.5. The second-order valence-electron chi connectivity index (χ2n) is 8.52. The predicted molar refractivity (Wildman–Crippen MR) is 100 cm³/mol. The van der Waals surface area contributed by atoms with Gasteiger partial charge in [-0.05, 0) is 80.6 Å². The van der Waals surface area contributed by atoms with E-state index in [-0.39, 0.29) is 5.41 Å². The van der Waals surface area contributed by atoms with Gasteiger partial charge < -0.3 is 5.11 Å². The molecule has 0 spiro atoms. The molecule has 0 aromatic heterocycles. The summed E-state index contributed by atoms with van der Waals surface area (Å²) in [6, 6.07) is 6.85. The average molecular weight is 458 g/mol. The Kier molecular flexibility index (Phi) is 5.66. The van der Waals surface area contributed by atoms with Crippen molar-refractivity contribution < 1.29 is 26.0 Å². The van der Waals surface area contributed by atoms with E-state index in [1.54, 1.807) is 0 Å². The van der Waals surface area contributed by atoms with Crippen LogP contribution in [0.25, 0.3) is 0 Å². The molecule has 2 nitrogen and oxygen atoms in total. The zero-order chi connectivity index (χ0) is 17.4. The van der Waals surface area contributed by atoms with Gasteiger partial charge in [0.25, 0.3) is 0 Å². The summed E-state index contributed by atoms with van der Waals surface area (Å²) in [5.41, 5.74) is 2.42. The van der Waals surface area contributed by atoms with Crippen molar-refractivity contribution in [2.24, 2.45) is 22.7 Å². The van der Waals surface area contributed by atoms with Crippen LogP contribution in [0.5, 0.6) is 5.75 Å². The molecule has 0 aliphatic heterocycles. The van der Waals surface area contributed by atoms with Crippen LogP contribution in [0, 0.1) is 17.8 Å². The second-order valence-corrected chi connectivity index (χ2v) is 12.3. The van der Waals surface area contributed by atoms with Gasteiger partial charge in [-0.1, -0.05) is 12.1 Å². The van der Waals surface area contributed by atoms with Gasteiger partial charge in [-0.25, -0.2) is 0 Å². The van der Waals surface area contributed by atoms with Crippen molar-refractivity contribution >= 4 is 23.2 Å². The van der Waals surface area contributed by atoms with Crippen LogP contribution in [0.1, 0.15) is 62.5 Å². The number of phenols is 1. The molecular weight excluding hydrogens is 432 g/mol. The van der Waals surface area contributed by atoms with Crippen LogP contribution < -0.4 is 0 Å².